The predicted octanol–water partition coefficient (Wildman–Crippen LogP) is 1.14. The van der Waals surface area contributed by atoms with Crippen LogP contribution in [0.5, 0.6) is 0 Å². The van der Waals surface area contributed by atoms with Crippen molar-refractivity contribution in [2.75, 3.05) is 18.4 Å². The normalized spacial score (nSPS) is 16.5. The van der Waals surface area contributed by atoms with Gasteiger partial charge in [0, 0.05) is 42.7 Å². The third-order valence-corrected chi connectivity index (χ3v) is 4.36. The van der Waals surface area contributed by atoms with Gasteiger partial charge in [0.1, 0.15) is 0 Å². The van der Waals surface area contributed by atoms with Crippen molar-refractivity contribution in [3.05, 3.63) is 40.9 Å². The Labute approximate surface area is 148 Å². The highest BCUT2D eigenvalue weighted by molar-refractivity contribution is 7.03. The van der Waals surface area contributed by atoms with E-state index in [0.29, 0.717) is 36.5 Å². The minimum atomic E-state index is -0.271. The molecule has 9 heteroatoms. The summed E-state index contributed by atoms with van der Waals surface area (Å²) in [6.45, 7) is 2.46. The van der Waals surface area contributed by atoms with Crippen molar-refractivity contribution in [3.8, 4) is 0 Å². The number of likely N-dealkylation sites (tertiary alicyclic amines) is 1. The van der Waals surface area contributed by atoms with Crippen LogP contribution in [0.3, 0.4) is 0 Å². The van der Waals surface area contributed by atoms with E-state index < -0.39 is 0 Å². The second-order valence-corrected chi connectivity index (χ2v) is 6.37. The summed E-state index contributed by atoms with van der Waals surface area (Å²) >= 11 is 1.12. The monoisotopic (exact) mass is 359 g/mol. The van der Waals surface area contributed by atoms with E-state index in [-0.39, 0.29) is 23.8 Å². The van der Waals surface area contributed by atoms with Gasteiger partial charge in [-0.05, 0) is 42.2 Å². The lowest BCUT2D eigenvalue weighted by Gasteiger charge is -2.17. The summed E-state index contributed by atoms with van der Waals surface area (Å²) in [6, 6.07) is 6.65. The van der Waals surface area contributed by atoms with E-state index in [9.17, 15) is 14.4 Å². The summed E-state index contributed by atoms with van der Waals surface area (Å²) in [5.74, 6) is -0.526. The number of benzene rings is 1. The maximum Gasteiger partial charge on any atom is 0.273 e. The largest absolute Gasteiger partial charge is 0.346 e. The van der Waals surface area contributed by atoms with Crippen molar-refractivity contribution in [1.29, 1.82) is 0 Å². The van der Waals surface area contributed by atoms with Crippen LogP contribution >= 0.6 is 11.5 Å². The third-order valence-electron chi connectivity index (χ3n) is 3.86. The first-order chi connectivity index (χ1) is 12.0. The molecule has 3 amide bonds. The number of hydrogen-bond donors (Lipinski definition) is 2. The van der Waals surface area contributed by atoms with Crippen LogP contribution in [0.2, 0.25) is 0 Å². The summed E-state index contributed by atoms with van der Waals surface area (Å²) in [4.78, 5) is 37.3. The fourth-order valence-corrected chi connectivity index (χ4v) is 3.10. The number of nitrogens with one attached hydrogen (secondary N) is 2. The lowest BCUT2D eigenvalue weighted by Crippen LogP contribution is -2.38. The van der Waals surface area contributed by atoms with Crippen LogP contribution in [-0.4, -0.2) is 51.3 Å². The first-order valence-corrected chi connectivity index (χ1v) is 8.61. The van der Waals surface area contributed by atoms with Crippen LogP contribution in [0.25, 0.3) is 0 Å². The molecule has 0 saturated carbocycles. The third kappa shape index (κ3) is 4.18. The Morgan fingerprint density at radius 3 is 2.64 bits per heavy atom. The Morgan fingerprint density at radius 1 is 1.24 bits per heavy atom. The molecule has 1 saturated heterocycles. The smallest absolute Gasteiger partial charge is 0.273 e. The van der Waals surface area contributed by atoms with Crippen molar-refractivity contribution in [3.63, 3.8) is 0 Å². The fourth-order valence-electron chi connectivity index (χ4n) is 2.67. The molecule has 0 unspecified atom stereocenters. The second-order valence-electron chi connectivity index (χ2n) is 5.76. The molecule has 25 heavy (non-hydrogen) atoms. The first kappa shape index (κ1) is 17.0. The van der Waals surface area contributed by atoms with Crippen LogP contribution in [0, 0.1) is 0 Å². The molecular formula is C16H17N5O3S. The van der Waals surface area contributed by atoms with Gasteiger partial charge in [-0.25, -0.2) is 0 Å². The average molecular weight is 359 g/mol. The van der Waals surface area contributed by atoms with E-state index in [0.717, 1.165) is 11.5 Å². The topological polar surface area (TPSA) is 104 Å². The summed E-state index contributed by atoms with van der Waals surface area (Å²) in [5, 5.41) is 10.9. The second kappa shape index (κ2) is 7.39. The zero-order valence-electron chi connectivity index (χ0n) is 13.6. The SMILES string of the molecule is CC(=O)Nc1ccc(C(=O)N2CC[C@@H](NC(=O)c3csnn3)C2)cc1. The van der Waals surface area contributed by atoms with Crippen molar-refractivity contribution < 1.29 is 14.4 Å². The number of nitrogens with zero attached hydrogens (tertiary/aromatic N) is 3. The van der Waals surface area contributed by atoms with Crippen LogP contribution in [0.4, 0.5) is 5.69 Å². The summed E-state index contributed by atoms with van der Waals surface area (Å²) in [6.07, 6.45) is 0.693. The number of anilines is 1. The molecule has 0 bridgehead atoms. The highest BCUT2D eigenvalue weighted by Gasteiger charge is 2.28. The van der Waals surface area contributed by atoms with Gasteiger partial charge in [-0.2, -0.15) is 0 Å². The minimum Gasteiger partial charge on any atom is -0.346 e. The summed E-state index contributed by atoms with van der Waals surface area (Å²) < 4.78 is 3.67. The van der Waals surface area contributed by atoms with Crippen molar-refractivity contribution in [2.24, 2.45) is 0 Å². The number of amides is 3. The Balaban J connectivity index is 1.57. The molecular weight excluding hydrogens is 342 g/mol. The van der Waals surface area contributed by atoms with E-state index >= 15 is 0 Å². The van der Waals surface area contributed by atoms with E-state index in [1.54, 1.807) is 34.5 Å². The fraction of sp³-hybridized carbons (Fsp3) is 0.312. The molecule has 130 valence electrons. The van der Waals surface area contributed by atoms with Crippen molar-refractivity contribution >= 4 is 34.9 Å². The van der Waals surface area contributed by atoms with E-state index in [4.69, 9.17) is 0 Å². The summed E-state index contributed by atoms with van der Waals surface area (Å²) in [5.41, 5.74) is 1.49. The molecule has 1 aromatic heterocycles. The Bertz CT molecular complexity index is 776. The number of rotatable bonds is 4. The zero-order valence-corrected chi connectivity index (χ0v) is 14.4. The van der Waals surface area contributed by atoms with Crippen LogP contribution in [-0.2, 0) is 4.79 Å². The lowest BCUT2D eigenvalue weighted by molar-refractivity contribution is -0.114. The quantitative estimate of drug-likeness (QED) is 0.852. The molecule has 1 fully saturated rings. The molecule has 1 aliphatic heterocycles. The number of aromatic nitrogens is 2. The van der Waals surface area contributed by atoms with E-state index in [2.05, 4.69) is 20.2 Å². The Morgan fingerprint density at radius 2 is 2.00 bits per heavy atom. The van der Waals surface area contributed by atoms with Gasteiger partial charge in [0.05, 0.1) is 0 Å². The van der Waals surface area contributed by atoms with Gasteiger partial charge in [0.2, 0.25) is 5.91 Å². The van der Waals surface area contributed by atoms with Gasteiger partial charge in [0.15, 0.2) is 5.69 Å². The molecule has 1 aliphatic rings. The highest BCUT2D eigenvalue weighted by Crippen LogP contribution is 2.16. The standard InChI is InChI=1S/C16H17N5O3S/c1-10(22)17-12-4-2-11(3-5-12)16(24)21-7-6-13(8-21)18-15(23)14-9-25-20-19-14/h2-5,9,13H,6-8H2,1H3,(H,17,22)(H,18,23)/t13-/m1/s1. The molecule has 0 radical (unpaired) electrons. The number of carbonyl (C=O) groups excluding carboxylic acids is 3. The molecule has 1 atom stereocenters. The maximum absolute atomic E-state index is 12.5. The molecule has 1 aromatic carbocycles. The predicted molar refractivity (Wildman–Crippen MR) is 92.4 cm³/mol. The van der Waals surface area contributed by atoms with Crippen molar-refractivity contribution in [2.45, 2.75) is 19.4 Å². The van der Waals surface area contributed by atoms with Gasteiger partial charge in [0.25, 0.3) is 11.8 Å². The molecule has 0 spiro atoms. The molecule has 0 aliphatic carbocycles. The maximum atomic E-state index is 12.5. The molecule has 8 nitrogen and oxygen atoms in total. The average Bonchev–Trinajstić information content (AvgIpc) is 3.26. The molecule has 2 aromatic rings. The zero-order chi connectivity index (χ0) is 17.8. The van der Waals surface area contributed by atoms with Gasteiger partial charge in [-0.3, -0.25) is 14.4 Å². The Hall–Kier alpha value is -2.81. The number of hydrogen-bond acceptors (Lipinski definition) is 6. The molecule has 2 N–H and O–H groups in total. The van der Waals surface area contributed by atoms with Crippen LogP contribution in [0.15, 0.2) is 29.6 Å². The van der Waals surface area contributed by atoms with Gasteiger partial charge < -0.3 is 15.5 Å². The summed E-state index contributed by atoms with van der Waals surface area (Å²) in [7, 11) is 0. The van der Waals surface area contributed by atoms with Gasteiger partial charge >= 0.3 is 0 Å². The van der Waals surface area contributed by atoms with Gasteiger partial charge in [-0.1, -0.05) is 4.49 Å². The van der Waals surface area contributed by atoms with E-state index in [1.807, 2.05) is 0 Å². The molecule has 2 heterocycles. The first-order valence-electron chi connectivity index (χ1n) is 7.78. The number of carbonyl (C=O) groups is 3. The van der Waals surface area contributed by atoms with E-state index in [1.165, 1.54) is 6.92 Å². The lowest BCUT2D eigenvalue weighted by atomic mass is 10.2. The highest BCUT2D eigenvalue weighted by atomic mass is 32.1. The van der Waals surface area contributed by atoms with Crippen LogP contribution in [0.1, 0.15) is 34.2 Å². The van der Waals surface area contributed by atoms with Crippen LogP contribution < -0.4 is 10.6 Å². The minimum absolute atomic E-state index is 0.0959. The van der Waals surface area contributed by atoms with Crippen molar-refractivity contribution in [1.82, 2.24) is 19.8 Å². The Kier molecular flexibility index (Phi) is 5.03. The molecule has 3 rings (SSSR count). The van der Waals surface area contributed by atoms with Gasteiger partial charge in [-0.15, -0.1) is 5.10 Å².